The van der Waals surface area contributed by atoms with Crippen LogP contribution in [0.1, 0.15) is 11.1 Å². The van der Waals surface area contributed by atoms with E-state index in [0.717, 1.165) is 5.56 Å². The molecule has 5 rings (SSSR count). The number of carbonyl (C=O) groups excluding carboxylic acids is 2. The van der Waals surface area contributed by atoms with Crippen molar-refractivity contribution in [2.75, 3.05) is 22.2 Å². The minimum atomic E-state index is -1.58. The van der Waals surface area contributed by atoms with E-state index < -0.39 is 11.8 Å². The van der Waals surface area contributed by atoms with Crippen LogP contribution in [0.15, 0.2) is 72.8 Å². The Kier molecular flexibility index (Phi) is 4.27. The zero-order chi connectivity index (χ0) is 20.9. The number of anilines is 3. The van der Waals surface area contributed by atoms with Crippen molar-refractivity contribution >= 4 is 40.6 Å². The predicted octanol–water partition coefficient (Wildman–Crippen LogP) is 4.74. The molecule has 3 aromatic carbocycles. The molecule has 1 spiro atoms. The summed E-state index contributed by atoms with van der Waals surface area (Å²) in [5.41, 5.74) is 1.74. The number of hydrogen-bond donors (Lipinski definition) is 1. The molecule has 0 unspecified atom stereocenters. The van der Waals surface area contributed by atoms with E-state index in [0.29, 0.717) is 27.6 Å². The van der Waals surface area contributed by atoms with Crippen LogP contribution in [0.25, 0.3) is 0 Å². The second kappa shape index (κ2) is 6.86. The van der Waals surface area contributed by atoms with Crippen molar-refractivity contribution in [1.29, 1.82) is 0 Å². The fraction of sp³-hybridized carbons (Fsp3) is 0.130. The second-order valence-corrected chi connectivity index (χ2v) is 7.66. The smallest absolute Gasteiger partial charge is 0.329 e. The van der Waals surface area contributed by atoms with E-state index >= 15 is 0 Å². The molecular weight excluding hydrogens is 402 g/mol. The van der Waals surface area contributed by atoms with Crippen LogP contribution in [0.3, 0.4) is 0 Å². The lowest BCUT2D eigenvalue weighted by atomic mass is 9.98. The normalized spacial score (nSPS) is 19.6. The highest BCUT2D eigenvalue weighted by Crippen LogP contribution is 2.49. The first-order chi connectivity index (χ1) is 14.5. The highest BCUT2D eigenvalue weighted by atomic mass is 35.5. The van der Waals surface area contributed by atoms with Crippen LogP contribution >= 0.6 is 11.6 Å². The number of hydrogen-bond acceptors (Lipinski definition) is 3. The van der Waals surface area contributed by atoms with Crippen molar-refractivity contribution in [3.63, 3.8) is 0 Å². The van der Waals surface area contributed by atoms with Gasteiger partial charge in [-0.1, -0.05) is 54.1 Å². The minimum Gasteiger partial charge on any atom is -0.338 e. The summed E-state index contributed by atoms with van der Waals surface area (Å²) in [5, 5.41) is 3.36. The number of halogens is 1. The number of amides is 3. The van der Waals surface area contributed by atoms with E-state index in [9.17, 15) is 9.59 Å². The number of likely N-dealkylation sites (N-methyl/N-ethyl adjacent to an activating group) is 1. The number of carbonyl (C=O) groups is 2. The number of ether oxygens (including phenoxy) is 1. The summed E-state index contributed by atoms with van der Waals surface area (Å²) in [7, 11) is 1.69. The van der Waals surface area contributed by atoms with Crippen molar-refractivity contribution in [2.24, 2.45) is 0 Å². The van der Waals surface area contributed by atoms with Crippen molar-refractivity contribution in [1.82, 2.24) is 0 Å². The van der Waals surface area contributed by atoms with Crippen molar-refractivity contribution in [3.05, 3.63) is 88.9 Å². The molecule has 2 aliphatic heterocycles. The summed E-state index contributed by atoms with van der Waals surface area (Å²) >= 11 is 6.07. The Morgan fingerprint density at radius 1 is 1.03 bits per heavy atom. The van der Waals surface area contributed by atoms with Crippen LogP contribution in [0.2, 0.25) is 5.02 Å². The molecule has 3 amide bonds. The first-order valence-electron chi connectivity index (χ1n) is 9.48. The average Bonchev–Trinajstić information content (AvgIpc) is 2.96. The monoisotopic (exact) mass is 419 g/mol. The molecule has 0 bridgehead atoms. The van der Waals surface area contributed by atoms with Crippen LogP contribution in [0, 0.1) is 0 Å². The zero-order valence-corrected chi connectivity index (χ0v) is 16.9. The van der Waals surface area contributed by atoms with Gasteiger partial charge < -0.3 is 15.0 Å². The molecule has 2 heterocycles. The summed E-state index contributed by atoms with van der Waals surface area (Å²) in [6.07, 6.45) is 0. The molecule has 30 heavy (non-hydrogen) atoms. The van der Waals surface area contributed by atoms with E-state index in [-0.39, 0.29) is 12.5 Å². The number of rotatable bonds is 1. The highest BCUT2D eigenvalue weighted by molar-refractivity contribution is 6.31. The van der Waals surface area contributed by atoms with Crippen LogP contribution in [0.4, 0.5) is 21.9 Å². The number of urea groups is 1. The topological polar surface area (TPSA) is 61.9 Å². The van der Waals surface area contributed by atoms with E-state index in [4.69, 9.17) is 16.3 Å². The van der Waals surface area contributed by atoms with E-state index in [1.165, 1.54) is 9.80 Å². The lowest BCUT2D eigenvalue weighted by Gasteiger charge is -2.43. The van der Waals surface area contributed by atoms with Gasteiger partial charge in [-0.05, 0) is 30.3 Å². The average molecular weight is 420 g/mol. The summed E-state index contributed by atoms with van der Waals surface area (Å²) in [5.74, 6) is -0.320. The van der Waals surface area contributed by atoms with Crippen LogP contribution < -0.4 is 15.1 Å². The Balaban J connectivity index is 1.68. The molecule has 6 nitrogen and oxygen atoms in total. The van der Waals surface area contributed by atoms with Crippen molar-refractivity contribution in [2.45, 2.75) is 12.3 Å². The number of nitrogens with one attached hydrogen (secondary N) is 1. The molecule has 0 radical (unpaired) electrons. The largest absolute Gasteiger partial charge is 0.338 e. The summed E-state index contributed by atoms with van der Waals surface area (Å²) in [4.78, 5) is 30.1. The number of nitrogens with zero attached hydrogens (tertiary/aromatic N) is 2. The third kappa shape index (κ3) is 2.61. The SMILES string of the molecule is CN1C(=O)[C@@]2(OCc3ccccc3N2C(=O)Nc2cccc(Cl)c2)c2ccccc21. The number of para-hydroxylation sites is 2. The van der Waals surface area contributed by atoms with Gasteiger partial charge in [0.05, 0.1) is 18.0 Å². The van der Waals surface area contributed by atoms with Gasteiger partial charge in [0, 0.05) is 28.9 Å². The number of benzene rings is 3. The fourth-order valence-corrected chi connectivity index (χ4v) is 4.32. The lowest BCUT2D eigenvalue weighted by molar-refractivity contribution is -0.146. The van der Waals surface area contributed by atoms with Gasteiger partial charge in [-0.15, -0.1) is 0 Å². The Morgan fingerprint density at radius 2 is 1.77 bits per heavy atom. The maximum atomic E-state index is 13.6. The maximum absolute atomic E-state index is 13.6. The summed E-state index contributed by atoms with van der Waals surface area (Å²) in [6, 6.07) is 21.2. The molecule has 1 N–H and O–H groups in total. The first kappa shape index (κ1) is 18.7. The second-order valence-electron chi connectivity index (χ2n) is 7.22. The summed E-state index contributed by atoms with van der Waals surface area (Å²) in [6.45, 7) is 0.213. The molecule has 0 saturated carbocycles. The van der Waals surface area contributed by atoms with E-state index in [2.05, 4.69) is 5.32 Å². The zero-order valence-electron chi connectivity index (χ0n) is 16.1. The Hall–Kier alpha value is -3.35. The minimum absolute atomic E-state index is 0.213. The van der Waals surface area contributed by atoms with Gasteiger partial charge in [0.25, 0.3) is 11.6 Å². The predicted molar refractivity (Wildman–Crippen MR) is 116 cm³/mol. The van der Waals surface area contributed by atoms with Gasteiger partial charge in [-0.25, -0.2) is 4.79 Å². The highest BCUT2D eigenvalue weighted by Gasteiger charge is 2.59. The van der Waals surface area contributed by atoms with Crippen molar-refractivity contribution < 1.29 is 14.3 Å². The lowest BCUT2D eigenvalue weighted by Crippen LogP contribution is -2.60. The van der Waals surface area contributed by atoms with Gasteiger partial charge in [0.2, 0.25) is 0 Å². The van der Waals surface area contributed by atoms with Crippen LogP contribution in [-0.2, 0) is 21.9 Å². The molecule has 1 atom stereocenters. The molecule has 2 aliphatic rings. The molecular formula is C23H18ClN3O3. The molecule has 0 aromatic heterocycles. The van der Waals surface area contributed by atoms with Gasteiger partial charge in [-0.3, -0.25) is 9.69 Å². The molecule has 0 aliphatic carbocycles. The fourth-order valence-electron chi connectivity index (χ4n) is 4.13. The van der Waals surface area contributed by atoms with Crippen molar-refractivity contribution in [3.8, 4) is 0 Å². The molecule has 0 saturated heterocycles. The first-order valence-corrected chi connectivity index (χ1v) is 9.86. The Morgan fingerprint density at radius 3 is 2.57 bits per heavy atom. The van der Waals surface area contributed by atoms with E-state index in [1.807, 2.05) is 48.5 Å². The Labute approximate surface area is 178 Å². The quantitative estimate of drug-likeness (QED) is 0.619. The number of fused-ring (bicyclic) bond motifs is 3. The molecule has 0 fully saturated rings. The van der Waals surface area contributed by atoms with Gasteiger partial charge >= 0.3 is 6.03 Å². The Bertz CT molecular complexity index is 1180. The third-order valence-corrected chi connectivity index (χ3v) is 5.72. The standard InChI is InChI=1S/C23H18ClN3O3/c1-26-20-12-5-3-10-18(20)23(21(26)28)27(19-11-4-2-7-15(19)14-30-23)22(29)25-17-9-6-8-16(24)13-17/h2-13H,14H2,1H3,(H,25,29)/t23-/m0/s1. The molecule has 150 valence electrons. The summed E-state index contributed by atoms with van der Waals surface area (Å²) < 4.78 is 6.21. The van der Waals surface area contributed by atoms with E-state index in [1.54, 1.807) is 31.3 Å². The third-order valence-electron chi connectivity index (χ3n) is 5.49. The van der Waals surface area contributed by atoms with Crippen LogP contribution in [0.5, 0.6) is 0 Å². The van der Waals surface area contributed by atoms with Gasteiger partial charge in [0.1, 0.15) is 0 Å². The molecule has 3 aromatic rings. The maximum Gasteiger partial charge on any atom is 0.329 e. The van der Waals surface area contributed by atoms with Gasteiger partial charge in [-0.2, -0.15) is 0 Å². The molecule has 7 heteroatoms. The van der Waals surface area contributed by atoms with Crippen LogP contribution in [-0.4, -0.2) is 19.0 Å². The van der Waals surface area contributed by atoms with Gasteiger partial charge in [0.15, 0.2) is 0 Å².